The molecule has 2 heterocycles. The summed E-state index contributed by atoms with van der Waals surface area (Å²) in [7, 11) is 0. The third-order valence-corrected chi connectivity index (χ3v) is 6.32. The van der Waals surface area contributed by atoms with E-state index in [1.54, 1.807) is 12.1 Å². The summed E-state index contributed by atoms with van der Waals surface area (Å²) in [6.45, 7) is 4.58. The Balaban J connectivity index is 1.27. The normalized spacial score (nSPS) is 16.5. The molecule has 0 saturated carbocycles. The maximum Gasteiger partial charge on any atom is 0.244 e. The molecule has 0 aromatic heterocycles. The first-order chi connectivity index (χ1) is 15.5. The van der Waals surface area contributed by atoms with E-state index in [2.05, 4.69) is 46.7 Å². The Kier molecular flexibility index (Phi) is 6.85. The van der Waals surface area contributed by atoms with Gasteiger partial charge in [0.05, 0.1) is 11.4 Å². The van der Waals surface area contributed by atoms with Crippen molar-refractivity contribution in [2.75, 3.05) is 29.9 Å². The monoisotopic (exact) mass is 434 g/mol. The zero-order valence-corrected chi connectivity index (χ0v) is 18.5. The van der Waals surface area contributed by atoms with Gasteiger partial charge in [-0.2, -0.15) is 0 Å². The molecule has 7 nitrogen and oxygen atoms in total. The Morgan fingerprint density at radius 1 is 1.03 bits per heavy atom. The van der Waals surface area contributed by atoms with Crippen LogP contribution in [0.1, 0.15) is 37.3 Å². The van der Waals surface area contributed by atoms with E-state index in [-0.39, 0.29) is 43.1 Å². The lowest BCUT2D eigenvalue weighted by Gasteiger charge is -2.35. The minimum absolute atomic E-state index is 0.0220. The quantitative estimate of drug-likeness (QED) is 0.702. The summed E-state index contributed by atoms with van der Waals surface area (Å²) in [5.41, 5.74) is 4.07. The van der Waals surface area contributed by atoms with E-state index in [0.29, 0.717) is 17.9 Å². The minimum Gasteiger partial charge on any atom is -0.355 e. The van der Waals surface area contributed by atoms with Gasteiger partial charge in [-0.3, -0.25) is 19.3 Å². The Hall–Kier alpha value is -3.19. The number of hydrogen-bond acceptors (Lipinski definition) is 4. The minimum atomic E-state index is -0.226. The first-order valence-corrected chi connectivity index (χ1v) is 11.3. The second-order valence-electron chi connectivity index (χ2n) is 8.40. The Morgan fingerprint density at radius 2 is 1.78 bits per heavy atom. The van der Waals surface area contributed by atoms with Gasteiger partial charge in [-0.1, -0.05) is 43.3 Å². The highest BCUT2D eigenvalue weighted by atomic mass is 16.2. The molecule has 2 aliphatic heterocycles. The van der Waals surface area contributed by atoms with Crippen molar-refractivity contribution in [1.82, 2.24) is 10.2 Å². The summed E-state index contributed by atoms with van der Waals surface area (Å²) in [5.74, 6) is -0.582. The van der Waals surface area contributed by atoms with Crippen LogP contribution in [0.15, 0.2) is 48.5 Å². The molecule has 2 aliphatic rings. The standard InChI is InChI=1S/C25H30N4O3/c1-2-20(28-14-13-18-7-3-4-8-19(18)16-28)15-26-23(30)11-12-25(32)29-17-24(31)27-21-9-5-6-10-22(21)29/h3-10,20H,2,11-17H2,1H3,(H,26,30)(H,27,31). The van der Waals surface area contributed by atoms with E-state index in [4.69, 9.17) is 0 Å². The van der Waals surface area contributed by atoms with Gasteiger partial charge >= 0.3 is 0 Å². The number of anilines is 2. The Bertz CT molecular complexity index is 1010. The maximum absolute atomic E-state index is 12.7. The first-order valence-electron chi connectivity index (χ1n) is 11.3. The van der Waals surface area contributed by atoms with Gasteiger partial charge in [0.1, 0.15) is 6.54 Å². The molecule has 0 aliphatic carbocycles. The van der Waals surface area contributed by atoms with E-state index >= 15 is 0 Å². The van der Waals surface area contributed by atoms with Gasteiger partial charge in [0.2, 0.25) is 17.7 Å². The number of hydrogen-bond donors (Lipinski definition) is 2. The lowest BCUT2D eigenvalue weighted by Crippen LogP contribution is -2.46. The largest absolute Gasteiger partial charge is 0.355 e. The van der Waals surface area contributed by atoms with Crippen LogP contribution in [-0.4, -0.2) is 48.3 Å². The molecule has 2 aromatic rings. The fourth-order valence-corrected chi connectivity index (χ4v) is 4.49. The summed E-state index contributed by atoms with van der Waals surface area (Å²) < 4.78 is 0. The second-order valence-corrected chi connectivity index (χ2v) is 8.40. The van der Waals surface area contributed by atoms with Crippen LogP contribution in [0.25, 0.3) is 0 Å². The maximum atomic E-state index is 12.7. The summed E-state index contributed by atoms with van der Waals surface area (Å²) in [6, 6.07) is 16.0. The number of carbonyl (C=O) groups excluding carboxylic acids is 3. The van der Waals surface area contributed by atoms with Gasteiger partial charge in [-0.05, 0) is 36.1 Å². The molecule has 3 amide bonds. The average molecular weight is 435 g/mol. The van der Waals surface area contributed by atoms with Crippen LogP contribution in [0.5, 0.6) is 0 Å². The lowest BCUT2D eigenvalue weighted by molar-refractivity contribution is -0.126. The van der Waals surface area contributed by atoms with Crippen molar-refractivity contribution in [2.24, 2.45) is 0 Å². The molecule has 1 atom stereocenters. The van der Waals surface area contributed by atoms with Crippen LogP contribution in [0.3, 0.4) is 0 Å². The number of amides is 3. The van der Waals surface area contributed by atoms with Gasteiger partial charge in [0.25, 0.3) is 0 Å². The average Bonchev–Trinajstić information content (AvgIpc) is 2.82. The molecule has 1 unspecified atom stereocenters. The number of fused-ring (bicyclic) bond motifs is 2. The molecule has 32 heavy (non-hydrogen) atoms. The highest BCUT2D eigenvalue weighted by Gasteiger charge is 2.27. The van der Waals surface area contributed by atoms with E-state index in [1.807, 2.05) is 12.1 Å². The molecule has 2 aromatic carbocycles. The van der Waals surface area contributed by atoms with Crippen molar-refractivity contribution in [1.29, 1.82) is 0 Å². The molecule has 0 spiro atoms. The molecule has 0 saturated heterocycles. The number of nitrogens with one attached hydrogen (secondary N) is 2. The van der Waals surface area contributed by atoms with Crippen molar-refractivity contribution in [3.63, 3.8) is 0 Å². The third kappa shape index (κ3) is 4.99. The fraction of sp³-hybridized carbons (Fsp3) is 0.400. The zero-order chi connectivity index (χ0) is 22.5. The lowest BCUT2D eigenvalue weighted by atomic mass is 9.98. The van der Waals surface area contributed by atoms with E-state index in [9.17, 15) is 14.4 Å². The molecule has 0 bridgehead atoms. The van der Waals surface area contributed by atoms with Crippen LogP contribution < -0.4 is 15.5 Å². The van der Waals surface area contributed by atoms with E-state index in [1.165, 1.54) is 16.0 Å². The highest BCUT2D eigenvalue weighted by molar-refractivity contribution is 6.10. The highest BCUT2D eigenvalue weighted by Crippen LogP contribution is 2.29. The van der Waals surface area contributed by atoms with Crippen LogP contribution in [-0.2, 0) is 27.3 Å². The molecule has 0 radical (unpaired) electrons. The van der Waals surface area contributed by atoms with Gasteiger partial charge in [0.15, 0.2) is 0 Å². The number of rotatable bonds is 7. The van der Waals surface area contributed by atoms with Crippen LogP contribution >= 0.6 is 0 Å². The first kappa shape index (κ1) is 22.0. The molecular weight excluding hydrogens is 404 g/mol. The van der Waals surface area contributed by atoms with Gasteiger partial charge in [0, 0.05) is 38.5 Å². The number of nitrogens with zero attached hydrogens (tertiary/aromatic N) is 2. The molecular formula is C25H30N4O3. The van der Waals surface area contributed by atoms with Gasteiger partial charge in [-0.15, -0.1) is 0 Å². The second kappa shape index (κ2) is 9.96. The van der Waals surface area contributed by atoms with Gasteiger partial charge in [-0.25, -0.2) is 0 Å². The topological polar surface area (TPSA) is 81.8 Å². The predicted octanol–water partition coefficient (Wildman–Crippen LogP) is 2.71. The zero-order valence-electron chi connectivity index (χ0n) is 18.5. The molecule has 168 valence electrons. The number of carbonyl (C=O) groups is 3. The summed E-state index contributed by atoms with van der Waals surface area (Å²) in [6.07, 6.45) is 2.15. The number of para-hydroxylation sites is 2. The third-order valence-electron chi connectivity index (χ3n) is 6.32. The molecule has 0 fully saturated rings. The Morgan fingerprint density at radius 3 is 2.59 bits per heavy atom. The molecule has 7 heteroatoms. The Labute approximate surface area is 188 Å². The van der Waals surface area contributed by atoms with Crippen LogP contribution in [0.2, 0.25) is 0 Å². The van der Waals surface area contributed by atoms with Crippen molar-refractivity contribution >= 4 is 29.1 Å². The van der Waals surface area contributed by atoms with Crippen LogP contribution in [0.4, 0.5) is 11.4 Å². The molecule has 2 N–H and O–H groups in total. The summed E-state index contributed by atoms with van der Waals surface area (Å²) in [4.78, 5) is 41.0. The van der Waals surface area contributed by atoms with E-state index in [0.717, 1.165) is 25.9 Å². The molecule has 4 rings (SSSR count). The summed E-state index contributed by atoms with van der Waals surface area (Å²) in [5, 5.41) is 5.78. The predicted molar refractivity (Wildman–Crippen MR) is 124 cm³/mol. The smallest absolute Gasteiger partial charge is 0.244 e. The SMILES string of the molecule is CCC(CNC(=O)CCC(=O)N1CC(=O)Nc2ccccc21)N1CCc2ccccc2C1. The van der Waals surface area contributed by atoms with E-state index < -0.39 is 0 Å². The number of benzene rings is 2. The van der Waals surface area contributed by atoms with Crippen molar-refractivity contribution in [3.05, 3.63) is 59.7 Å². The van der Waals surface area contributed by atoms with Gasteiger partial charge < -0.3 is 15.5 Å². The van der Waals surface area contributed by atoms with Crippen molar-refractivity contribution in [3.8, 4) is 0 Å². The van der Waals surface area contributed by atoms with Crippen molar-refractivity contribution in [2.45, 2.75) is 45.2 Å². The van der Waals surface area contributed by atoms with Crippen molar-refractivity contribution < 1.29 is 14.4 Å². The fourth-order valence-electron chi connectivity index (χ4n) is 4.49. The summed E-state index contributed by atoms with van der Waals surface area (Å²) >= 11 is 0. The van der Waals surface area contributed by atoms with Crippen LogP contribution in [0, 0.1) is 0 Å².